The van der Waals surface area contributed by atoms with Gasteiger partial charge in [0.25, 0.3) is 0 Å². The summed E-state index contributed by atoms with van der Waals surface area (Å²) in [6.07, 6.45) is 1.86. The number of hydrogen-bond donors (Lipinski definition) is 0. The minimum Gasteiger partial charge on any atom is -0.497 e. The van der Waals surface area contributed by atoms with Gasteiger partial charge in [-0.05, 0) is 61.3 Å². The summed E-state index contributed by atoms with van der Waals surface area (Å²) in [7, 11) is 3.56. The van der Waals surface area contributed by atoms with Gasteiger partial charge in [-0.15, -0.1) is 0 Å². The first-order chi connectivity index (χ1) is 13.0. The number of nitrogens with zero attached hydrogens (tertiary/aromatic N) is 2. The van der Waals surface area contributed by atoms with Crippen molar-refractivity contribution in [2.75, 3.05) is 27.2 Å². The molecule has 1 fully saturated rings. The summed E-state index contributed by atoms with van der Waals surface area (Å²) in [6.45, 7) is 3.53. The fourth-order valence-corrected chi connectivity index (χ4v) is 4.07. The van der Waals surface area contributed by atoms with Crippen LogP contribution in [0.5, 0.6) is 5.75 Å². The fraction of sp³-hybridized carbons (Fsp3) is 0.409. The third kappa shape index (κ3) is 5.56. The lowest BCUT2D eigenvalue weighted by molar-refractivity contribution is -0.136. The molecule has 0 radical (unpaired) electrons. The van der Waals surface area contributed by atoms with E-state index in [-0.39, 0.29) is 11.8 Å². The molecule has 27 heavy (non-hydrogen) atoms. The van der Waals surface area contributed by atoms with Crippen LogP contribution in [0.15, 0.2) is 53.0 Å². The molecule has 1 saturated heterocycles. The van der Waals surface area contributed by atoms with Crippen LogP contribution in [-0.2, 0) is 17.9 Å². The summed E-state index contributed by atoms with van der Waals surface area (Å²) in [5.41, 5.74) is 2.43. The number of halogens is 1. The average Bonchev–Trinajstić information content (AvgIpc) is 2.68. The molecule has 3 rings (SSSR count). The second kappa shape index (κ2) is 9.38. The van der Waals surface area contributed by atoms with Crippen molar-refractivity contribution in [3.63, 3.8) is 0 Å². The Morgan fingerprint density at radius 3 is 2.48 bits per heavy atom. The highest BCUT2D eigenvalue weighted by Gasteiger charge is 2.27. The number of hydrogen-bond acceptors (Lipinski definition) is 3. The van der Waals surface area contributed by atoms with E-state index in [9.17, 15) is 4.79 Å². The molecule has 5 heteroatoms. The number of rotatable bonds is 6. The average molecular weight is 431 g/mol. The second-order valence-electron chi connectivity index (χ2n) is 7.22. The molecular weight excluding hydrogens is 404 g/mol. The van der Waals surface area contributed by atoms with Crippen molar-refractivity contribution < 1.29 is 9.53 Å². The van der Waals surface area contributed by atoms with E-state index in [1.165, 1.54) is 5.56 Å². The molecule has 4 nitrogen and oxygen atoms in total. The molecule has 0 saturated carbocycles. The van der Waals surface area contributed by atoms with Crippen molar-refractivity contribution in [1.82, 2.24) is 9.80 Å². The maximum Gasteiger partial charge on any atom is 0.225 e. The van der Waals surface area contributed by atoms with Crippen molar-refractivity contribution in [2.45, 2.75) is 25.9 Å². The standard InChI is InChI=1S/C22H27BrN2O2/c1-24(15-17-6-8-21(27-2)9-7-17)22(26)19-10-12-25(13-11-19)16-18-4-3-5-20(23)14-18/h3-9,14,19H,10-13,15-16H2,1-2H3. The van der Waals surface area contributed by atoms with Gasteiger partial charge in [-0.1, -0.05) is 40.2 Å². The summed E-state index contributed by atoms with van der Waals surface area (Å²) < 4.78 is 6.30. The molecule has 0 aliphatic carbocycles. The van der Waals surface area contributed by atoms with Gasteiger partial charge in [-0.2, -0.15) is 0 Å². The molecule has 2 aromatic rings. The quantitative estimate of drug-likeness (QED) is 0.683. The Bertz CT molecular complexity index is 755. The molecule has 1 heterocycles. The van der Waals surface area contributed by atoms with E-state index >= 15 is 0 Å². The van der Waals surface area contributed by atoms with Gasteiger partial charge in [0, 0.05) is 30.5 Å². The maximum atomic E-state index is 12.8. The van der Waals surface area contributed by atoms with E-state index in [2.05, 4.69) is 39.0 Å². The second-order valence-corrected chi connectivity index (χ2v) is 8.14. The highest BCUT2D eigenvalue weighted by atomic mass is 79.9. The van der Waals surface area contributed by atoms with Crippen LogP contribution in [0.4, 0.5) is 0 Å². The summed E-state index contributed by atoms with van der Waals surface area (Å²) in [5.74, 6) is 1.23. The van der Waals surface area contributed by atoms with Gasteiger partial charge in [-0.3, -0.25) is 9.69 Å². The summed E-state index contributed by atoms with van der Waals surface area (Å²) in [5, 5.41) is 0. The van der Waals surface area contributed by atoms with Crippen LogP contribution in [0.2, 0.25) is 0 Å². The molecule has 0 N–H and O–H groups in total. The maximum absolute atomic E-state index is 12.8. The van der Waals surface area contributed by atoms with E-state index in [1.807, 2.05) is 42.3 Å². The van der Waals surface area contributed by atoms with E-state index in [4.69, 9.17) is 4.74 Å². The Hall–Kier alpha value is -1.85. The van der Waals surface area contributed by atoms with Crippen molar-refractivity contribution >= 4 is 21.8 Å². The Morgan fingerprint density at radius 2 is 1.85 bits per heavy atom. The van der Waals surface area contributed by atoms with Crippen LogP contribution in [0, 0.1) is 5.92 Å². The first-order valence-electron chi connectivity index (χ1n) is 9.40. The van der Waals surface area contributed by atoms with E-state index in [1.54, 1.807) is 7.11 Å². The molecule has 1 aliphatic heterocycles. The number of carbonyl (C=O) groups excluding carboxylic acids is 1. The fourth-order valence-electron chi connectivity index (χ4n) is 3.63. The zero-order valence-corrected chi connectivity index (χ0v) is 17.6. The number of methoxy groups -OCH3 is 1. The molecule has 0 aromatic heterocycles. The zero-order chi connectivity index (χ0) is 19.2. The van der Waals surface area contributed by atoms with Crippen LogP contribution in [0.3, 0.4) is 0 Å². The van der Waals surface area contributed by atoms with Crippen LogP contribution in [0.25, 0.3) is 0 Å². The van der Waals surface area contributed by atoms with Crippen LogP contribution < -0.4 is 4.74 Å². The summed E-state index contributed by atoms with van der Waals surface area (Å²) >= 11 is 3.53. The number of piperidine rings is 1. The lowest BCUT2D eigenvalue weighted by Crippen LogP contribution is -2.40. The summed E-state index contributed by atoms with van der Waals surface area (Å²) in [6, 6.07) is 16.4. The number of ether oxygens (including phenoxy) is 1. The molecular formula is C22H27BrN2O2. The van der Waals surface area contributed by atoms with Gasteiger partial charge in [0.15, 0.2) is 0 Å². The highest BCUT2D eigenvalue weighted by Crippen LogP contribution is 2.23. The lowest BCUT2D eigenvalue weighted by Gasteiger charge is -2.33. The predicted octanol–water partition coefficient (Wildman–Crippen LogP) is 4.33. The van der Waals surface area contributed by atoms with Crippen molar-refractivity contribution in [3.8, 4) is 5.75 Å². The molecule has 0 bridgehead atoms. The number of carbonyl (C=O) groups is 1. The minimum absolute atomic E-state index is 0.131. The van der Waals surface area contributed by atoms with E-state index in [0.29, 0.717) is 6.54 Å². The van der Waals surface area contributed by atoms with Gasteiger partial charge in [-0.25, -0.2) is 0 Å². The van der Waals surface area contributed by atoms with Crippen LogP contribution >= 0.6 is 15.9 Å². The van der Waals surface area contributed by atoms with Crippen molar-refractivity contribution in [2.24, 2.45) is 5.92 Å². The molecule has 0 atom stereocenters. The predicted molar refractivity (Wildman–Crippen MR) is 112 cm³/mol. The van der Waals surface area contributed by atoms with Gasteiger partial charge in [0.05, 0.1) is 7.11 Å². The largest absolute Gasteiger partial charge is 0.497 e. The highest BCUT2D eigenvalue weighted by molar-refractivity contribution is 9.10. The van der Waals surface area contributed by atoms with Gasteiger partial charge in [0.1, 0.15) is 5.75 Å². The minimum atomic E-state index is 0.131. The Labute approximate surface area is 170 Å². The monoisotopic (exact) mass is 430 g/mol. The molecule has 144 valence electrons. The Balaban J connectivity index is 1.48. The lowest BCUT2D eigenvalue weighted by atomic mass is 9.95. The smallest absolute Gasteiger partial charge is 0.225 e. The first-order valence-corrected chi connectivity index (χ1v) is 10.2. The number of benzene rings is 2. The van der Waals surface area contributed by atoms with Gasteiger partial charge >= 0.3 is 0 Å². The Kier molecular flexibility index (Phi) is 6.91. The van der Waals surface area contributed by atoms with Crippen molar-refractivity contribution in [1.29, 1.82) is 0 Å². The summed E-state index contributed by atoms with van der Waals surface area (Å²) in [4.78, 5) is 17.1. The molecule has 0 spiro atoms. The molecule has 0 unspecified atom stereocenters. The third-order valence-corrected chi connectivity index (χ3v) is 5.68. The van der Waals surface area contributed by atoms with E-state index < -0.39 is 0 Å². The molecule has 1 aliphatic rings. The van der Waals surface area contributed by atoms with E-state index in [0.717, 1.165) is 48.3 Å². The Morgan fingerprint density at radius 1 is 1.15 bits per heavy atom. The zero-order valence-electron chi connectivity index (χ0n) is 16.0. The van der Waals surface area contributed by atoms with Crippen LogP contribution in [-0.4, -0.2) is 43.0 Å². The first kappa shape index (κ1) is 19.9. The number of amides is 1. The third-order valence-electron chi connectivity index (χ3n) is 5.19. The molecule has 1 amide bonds. The topological polar surface area (TPSA) is 32.8 Å². The van der Waals surface area contributed by atoms with Crippen LogP contribution in [0.1, 0.15) is 24.0 Å². The number of likely N-dealkylation sites (tertiary alicyclic amines) is 1. The van der Waals surface area contributed by atoms with Crippen molar-refractivity contribution in [3.05, 3.63) is 64.1 Å². The SMILES string of the molecule is COc1ccc(CN(C)C(=O)C2CCN(Cc3cccc(Br)c3)CC2)cc1. The van der Waals surface area contributed by atoms with Gasteiger partial charge in [0.2, 0.25) is 5.91 Å². The molecule has 2 aromatic carbocycles. The normalized spacial score (nSPS) is 15.5. The van der Waals surface area contributed by atoms with Gasteiger partial charge < -0.3 is 9.64 Å².